The summed E-state index contributed by atoms with van der Waals surface area (Å²) in [5, 5.41) is 13.4. The van der Waals surface area contributed by atoms with Crippen LogP contribution >= 0.6 is 0 Å². The van der Waals surface area contributed by atoms with Crippen molar-refractivity contribution in [1.29, 1.82) is 0 Å². The maximum absolute atomic E-state index is 13.2. The SMILES string of the molecule is C=CCC(O)C(=C)/C=C(C)\C(=C/C)c1cc2cnc(NC(=O)C3CC3F)cc2n(C)c1=O.CCC. The topological polar surface area (TPSA) is 84.2 Å². The highest BCUT2D eigenvalue weighted by molar-refractivity contribution is 5.96. The van der Waals surface area contributed by atoms with Gasteiger partial charge in [-0.05, 0) is 49.5 Å². The highest BCUT2D eigenvalue weighted by Crippen LogP contribution is 2.34. The van der Waals surface area contributed by atoms with Crippen LogP contribution in [0.3, 0.4) is 0 Å². The molecule has 1 saturated carbocycles. The highest BCUT2D eigenvalue weighted by atomic mass is 19.1. The monoisotopic (exact) mass is 481 g/mol. The maximum atomic E-state index is 13.2. The molecule has 0 spiro atoms. The average molecular weight is 482 g/mol. The van der Waals surface area contributed by atoms with E-state index in [4.69, 9.17) is 0 Å². The minimum absolute atomic E-state index is 0.218. The number of aliphatic hydroxyl groups is 1. The van der Waals surface area contributed by atoms with E-state index < -0.39 is 24.1 Å². The Labute approximate surface area is 206 Å². The van der Waals surface area contributed by atoms with E-state index in [1.54, 1.807) is 37.5 Å². The lowest BCUT2D eigenvalue weighted by molar-refractivity contribution is -0.117. The summed E-state index contributed by atoms with van der Waals surface area (Å²) in [5.41, 5.74) is 2.91. The van der Waals surface area contributed by atoms with Crippen molar-refractivity contribution < 1.29 is 14.3 Å². The number of hydrogen-bond donors (Lipinski definition) is 2. The van der Waals surface area contributed by atoms with Crippen LogP contribution in [0.15, 0.2) is 65.7 Å². The van der Waals surface area contributed by atoms with Crippen molar-refractivity contribution in [2.24, 2.45) is 13.0 Å². The summed E-state index contributed by atoms with van der Waals surface area (Å²) in [6.07, 6.45) is 6.85. The van der Waals surface area contributed by atoms with Crippen molar-refractivity contribution >= 4 is 28.2 Å². The molecular formula is C28H36FN3O3. The molecule has 0 bridgehead atoms. The minimum Gasteiger partial charge on any atom is -0.388 e. The molecule has 0 saturated heterocycles. The van der Waals surface area contributed by atoms with Gasteiger partial charge in [-0.15, -0.1) is 6.58 Å². The lowest BCUT2D eigenvalue weighted by atomic mass is 9.95. The largest absolute Gasteiger partial charge is 0.388 e. The molecule has 35 heavy (non-hydrogen) atoms. The number of carbonyl (C=O) groups excluding carboxylic acids is 1. The van der Waals surface area contributed by atoms with Crippen molar-refractivity contribution in [3.63, 3.8) is 0 Å². The van der Waals surface area contributed by atoms with Crippen LogP contribution in [0.4, 0.5) is 10.2 Å². The number of nitrogens with one attached hydrogen (secondary N) is 1. The number of alkyl halides is 1. The fraction of sp³-hybridized carbons (Fsp3) is 0.393. The number of nitrogens with zero attached hydrogens (tertiary/aromatic N) is 2. The van der Waals surface area contributed by atoms with Crippen molar-refractivity contribution in [3.8, 4) is 0 Å². The Morgan fingerprint density at radius 1 is 1.40 bits per heavy atom. The van der Waals surface area contributed by atoms with Crippen LogP contribution in [0, 0.1) is 5.92 Å². The Kier molecular flexibility index (Phi) is 9.89. The summed E-state index contributed by atoms with van der Waals surface area (Å²) < 4.78 is 14.6. The van der Waals surface area contributed by atoms with Crippen LogP contribution in [-0.2, 0) is 11.8 Å². The molecule has 1 fully saturated rings. The zero-order chi connectivity index (χ0) is 26.3. The van der Waals surface area contributed by atoms with E-state index in [9.17, 15) is 19.1 Å². The van der Waals surface area contributed by atoms with Crippen LogP contribution < -0.4 is 10.9 Å². The molecule has 188 valence electrons. The molecule has 7 heteroatoms. The van der Waals surface area contributed by atoms with Gasteiger partial charge in [-0.3, -0.25) is 9.59 Å². The lowest BCUT2D eigenvalue weighted by Gasteiger charge is -2.14. The molecular weight excluding hydrogens is 445 g/mol. The second-order valence-electron chi connectivity index (χ2n) is 8.75. The van der Waals surface area contributed by atoms with Crippen molar-refractivity contribution in [3.05, 3.63) is 76.8 Å². The first-order valence-corrected chi connectivity index (χ1v) is 11.9. The van der Waals surface area contributed by atoms with Crippen molar-refractivity contribution in [2.45, 2.75) is 59.2 Å². The van der Waals surface area contributed by atoms with Gasteiger partial charge in [0.05, 0.1) is 17.5 Å². The van der Waals surface area contributed by atoms with Gasteiger partial charge >= 0.3 is 0 Å². The Bertz CT molecular complexity index is 1230. The van der Waals surface area contributed by atoms with Crippen LogP contribution in [0.2, 0.25) is 0 Å². The molecule has 0 aliphatic heterocycles. The standard InChI is InChI=1S/C25H28FN3O3.C3H8/c1-6-8-22(30)15(4)9-14(3)17(7-2)18-10-16-13-27-23(12-21(16)29(5)25(18)32)28-24(31)19-11-20(19)26;1-3-2/h6-7,9-10,12-13,19-20,22,30H,1,4,8,11H2,2-3,5H3,(H,27,28,31);3H2,1-2H3/b14-9-,17-7+;. The smallest absolute Gasteiger partial charge is 0.258 e. The zero-order valence-corrected chi connectivity index (χ0v) is 21.3. The number of fused-ring (bicyclic) bond motifs is 1. The Balaban J connectivity index is 0.00000137. The number of amides is 1. The number of pyridine rings is 2. The Morgan fingerprint density at radius 3 is 2.57 bits per heavy atom. The van der Waals surface area contributed by atoms with E-state index in [1.807, 2.05) is 19.9 Å². The predicted molar refractivity (Wildman–Crippen MR) is 142 cm³/mol. The average Bonchev–Trinajstić information content (AvgIpc) is 3.55. The molecule has 3 rings (SSSR count). The third-order valence-electron chi connectivity index (χ3n) is 5.63. The summed E-state index contributed by atoms with van der Waals surface area (Å²) in [4.78, 5) is 29.4. The first-order chi connectivity index (χ1) is 16.6. The predicted octanol–water partition coefficient (Wildman–Crippen LogP) is 5.49. The number of carbonyl (C=O) groups is 1. The van der Waals surface area contributed by atoms with Gasteiger partial charge in [0.15, 0.2) is 0 Å². The number of rotatable bonds is 8. The fourth-order valence-corrected chi connectivity index (χ4v) is 3.64. The van der Waals surface area contributed by atoms with Gasteiger partial charge in [-0.25, -0.2) is 9.37 Å². The van der Waals surface area contributed by atoms with E-state index in [1.165, 1.54) is 11.0 Å². The second kappa shape index (κ2) is 12.4. The maximum Gasteiger partial charge on any atom is 0.258 e. The van der Waals surface area contributed by atoms with Gasteiger partial charge in [0, 0.05) is 30.3 Å². The van der Waals surface area contributed by atoms with Gasteiger partial charge in [0.2, 0.25) is 5.91 Å². The molecule has 1 amide bonds. The molecule has 2 aromatic rings. The fourth-order valence-electron chi connectivity index (χ4n) is 3.64. The summed E-state index contributed by atoms with van der Waals surface area (Å²) in [6, 6.07) is 3.36. The first-order valence-electron chi connectivity index (χ1n) is 11.9. The molecule has 2 heterocycles. The number of allylic oxidation sites excluding steroid dienone is 3. The summed E-state index contributed by atoms with van der Waals surface area (Å²) >= 11 is 0. The third-order valence-corrected chi connectivity index (χ3v) is 5.63. The van der Waals surface area contributed by atoms with Crippen LogP contribution in [0.5, 0.6) is 0 Å². The van der Waals surface area contributed by atoms with Gasteiger partial charge in [-0.1, -0.05) is 45.1 Å². The second-order valence-corrected chi connectivity index (χ2v) is 8.75. The van der Waals surface area contributed by atoms with Crippen molar-refractivity contribution in [2.75, 3.05) is 5.32 Å². The van der Waals surface area contributed by atoms with Crippen LogP contribution in [0.1, 0.15) is 52.5 Å². The van der Waals surface area contributed by atoms with E-state index in [0.29, 0.717) is 28.5 Å². The number of hydrogen-bond acceptors (Lipinski definition) is 4. The van der Waals surface area contributed by atoms with Gasteiger partial charge < -0.3 is 15.0 Å². The van der Waals surface area contributed by atoms with Gasteiger partial charge in [0.1, 0.15) is 12.0 Å². The number of aliphatic hydroxyl groups excluding tert-OH is 1. The molecule has 0 aromatic carbocycles. The minimum atomic E-state index is -1.09. The third kappa shape index (κ3) is 6.85. The van der Waals surface area contributed by atoms with E-state index in [-0.39, 0.29) is 17.8 Å². The molecule has 1 aliphatic rings. The van der Waals surface area contributed by atoms with E-state index in [2.05, 4.69) is 37.3 Å². The lowest BCUT2D eigenvalue weighted by Crippen LogP contribution is -2.22. The molecule has 2 aromatic heterocycles. The Morgan fingerprint density at radius 2 is 2.03 bits per heavy atom. The number of aromatic nitrogens is 2. The van der Waals surface area contributed by atoms with Gasteiger partial charge in [-0.2, -0.15) is 0 Å². The zero-order valence-electron chi connectivity index (χ0n) is 21.3. The molecule has 3 unspecified atom stereocenters. The van der Waals surface area contributed by atoms with E-state index >= 15 is 0 Å². The normalized spacial score (nSPS) is 18.4. The van der Waals surface area contributed by atoms with Crippen LogP contribution in [-0.4, -0.2) is 32.8 Å². The van der Waals surface area contributed by atoms with E-state index in [0.717, 1.165) is 11.1 Å². The van der Waals surface area contributed by atoms with Gasteiger partial charge in [0.25, 0.3) is 5.56 Å². The highest BCUT2D eigenvalue weighted by Gasteiger charge is 2.43. The van der Waals surface area contributed by atoms with Crippen LogP contribution in [0.25, 0.3) is 16.5 Å². The molecule has 6 nitrogen and oxygen atoms in total. The molecule has 2 N–H and O–H groups in total. The summed E-state index contributed by atoms with van der Waals surface area (Å²) in [5.74, 6) is -0.744. The number of aryl methyl sites for hydroxylation is 1. The quantitative estimate of drug-likeness (QED) is 0.386. The summed E-state index contributed by atoms with van der Waals surface area (Å²) in [6.45, 7) is 15.5. The number of halogens is 1. The first kappa shape index (κ1) is 27.9. The summed E-state index contributed by atoms with van der Waals surface area (Å²) in [7, 11) is 1.65. The van der Waals surface area contributed by atoms with Crippen molar-refractivity contribution in [1.82, 2.24) is 9.55 Å². The Hall–Kier alpha value is -3.32. The molecule has 3 atom stereocenters. The molecule has 0 radical (unpaired) electrons. The number of anilines is 1. The molecule has 1 aliphatic carbocycles.